The summed E-state index contributed by atoms with van der Waals surface area (Å²) >= 11 is 0. The SMILES string of the molecule is CC(C)[C@H]1CC[C@]2(CCC(=O)N2CCO)CC1. The summed E-state index contributed by atoms with van der Waals surface area (Å²) in [5, 5.41) is 9.10. The van der Waals surface area contributed by atoms with Crippen LogP contribution < -0.4 is 0 Å². The molecular formula is C14H25NO2. The number of amides is 1. The van der Waals surface area contributed by atoms with Crippen LogP contribution in [0.2, 0.25) is 0 Å². The van der Waals surface area contributed by atoms with E-state index in [1.807, 2.05) is 4.90 Å². The van der Waals surface area contributed by atoms with E-state index in [1.165, 1.54) is 12.8 Å². The molecule has 3 nitrogen and oxygen atoms in total. The lowest BCUT2D eigenvalue weighted by atomic mass is 9.72. The summed E-state index contributed by atoms with van der Waals surface area (Å²) in [4.78, 5) is 13.8. The highest BCUT2D eigenvalue weighted by molar-refractivity contribution is 5.79. The van der Waals surface area contributed by atoms with Crippen molar-refractivity contribution in [2.24, 2.45) is 11.8 Å². The fourth-order valence-electron chi connectivity index (χ4n) is 3.70. The first-order valence-corrected chi connectivity index (χ1v) is 7.00. The molecule has 3 heteroatoms. The summed E-state index contributed by atoms with van der Waals surface area (Å²) in [6.45, 7) is 5.23. The smallest absolute Gasteiger partial charge is 0.223 e. The molecule has 1 spiro atoms. The predicted molar refractivity (Wildman–Crippen MR) is 67.6 cm³/mol. The molecule has 1 saturated carbocycles. The number of carbonyl (C=O) groups is 1. The molecular weight excluding hydrogens is 214 g/mol. The second-order valence-corrected chi connectivity index (χ2v) is 6.07. The van der Waals surface area contributed by atoms with Gasteiger partial charge in [0.15, 0.2) is 0 Å². The molecule has 0 atom stereocenters. The van der Waals surface area contributed by atoms with Crippen LogP contribution in [-0.4, -0.2) is 34.6 Å². The lowest BCUT2D eigenvalue weighted by molar-refractivity contribution is -0.133. The Hall–Kier alpha value is -0.570. The largest absolute Gasteiger partial charge is 0.395 e. The Morgan fingerprint density at radius 3 is 2.53 bits per heavy atom. The van der Waals surface area contributed by atoms with Gasteiger partial charge in [-0.25, -0.2) is 0 Å². The van der Waals surface area contributed by atoms with E-state index >= 15 is 0 Å². The van der Waals surface area contributed by atoms with Crippen molar-refractivity contribution in [3.05, 3.63) is 0 Å². The molecule has 0 unspecified atom stereocenters. The summed E-state index contributed by atoms with van der Waals surface area (Å²) in [6.07, 6.45) is 6.46. The van der Waals surface area contributed by atoms with Crippen molar-refractivity contribution in [1.82, 2.24) is 4.90 Å². The van der Waals surface area contributed by atoms with Gasteiger partial charge in [0.1, 0.15) is 0 Å². The van der Waals surface area contributed by atoms with Crippen molar-refractivity contribution >= 4 is 5.91 Å². The number of aliphatic hydroxyl groups is 1. The highest BCUT2D eigenvalue weighted by Crippen LogP contribution is 2.45. The summed E-state index contributed by atoms with van der Waals surface area (Å²) in [5.74, 6) is 1.84. The normalized spacial score (nSPS) is 34.0. The van der Waals surface area contributed by atoms with Gasteiger partial charge in [0.25, 0.3) is 0 Å². The van der Waals surface area contributed by atoms with Crippen LogP contribution in [0.25, 0.3) is 0 Å². The highest BCUT2D eigenvalue weighted by atomic mass is 16.3. The number of carbonyl (C=O) groups excluding carboxylic acids is 1. The van der Waals surface area contributed by atoms with Crippen molar-refractivity contribution in [2.45, 2.75) is 57.9 Å². The van der Waals surface area contributed by atoms with E-state index in [9.17, 15) is 4.79 Å². The first-order chi connectivity index (χ1) is 8.09. The maximum Gasteiger partial charge on any atom is 0.223 e. The maximum absolute atomic E-state index is 11.9. The molecule has 2 fully saturated rings. The molecule has 1 heterocycles. The first-order valence-electron chi connectivity index (χ1n) is 7.00. The van der Waals surface area contributed by atoms with E-state index in [1.54, 1.807) is 0 Å². The van der Waals surface area contributed by atoms with Gasteiger partial charge in [-0.15, -0.1) is 0 Å². The van der Waals surface area contributed by atoms with E-state index in [-0.39, 0.29) is 18.1 Å². The van der Waals surface area contributed by atoms with E-state index in [2.05, 4.69) is 13.8 Å². The van der Waals surface area contributed by atoms with Crippen LogP contribution >= 0.6 is 0 Å². The van der Waals surface area contributed by atoms with Crippen molar-refractivity contribution in [2.75, 3.05) is 13.2 Å². The van der Waals surface area contributed by atoms with E-state index < -0.39 is 0 Å². The predicted octanol–water partition coefficient (Wildman–Crippen LogP) is 2.19. The Bertz CT molecular complexity index is 280. The molecule has 0 aromatic carbocycles. The molecule has 1 saturated heterocycles. The number of nitrogens with zero attached hydrogens (tertiary/aromatic N) is 1. The Labute approximate surface area is 104 Å². The summed E-state index contributed by atoms with van der Waals surface area (Å²) in [6, 6.07) is 0. The number of hydrogen-bond acceptors (Lipinski definition) is 2. The molecule has 98 valence electrons. The fourth-order valence-corrected chi connectivity index (χ4v) is 3.70. The molecule has 0 radical (unpaired) electrons. The van der Waals surface area contributed by atoms with Crippen LogP contribution in [0.15, 0.2) is 0 Å². The Kier molecular flexibility index (Phi) is 3.76. The van der Waals surface area contributed by atoms with Crippen LogP contribution in [0, 0.1) is 11.8 Å². The second-order valence-electron chi connectivity index (χ2n) is 6.07. The van der Waals surface area contributed by atoms with Crippen LogP contribution in [0.1, 0.15) is 52.4 Å². The summed E-state index contributed by atoms with van der Waals surface area (Å²) in [5.41, 5.74) is 0.102. The van der Waals surface area contributed by atoms with Gasteiger partial charge >= 0.3 is 0 Å². The zero-order chi connectivity index (χ0) is 12.5. The van der Waals surface area contributed by atoms with E-state index in [0.717, 1.165) is 31.1 Å². The van der Waals surface area contributed by atoms with E-state index in [0.29, 0.717) is 13.0 Å². The molecule has 1 aliphatic heterocycles. The van der Waals surface area contributed by atoms with Crippen LogP contribution in [0.3, 0.4) is 0 Å². The molecule has 0 aromatic rings. The lowest BCUT2D eigenvalue weighted by Crippen LogP contribution is -2.49. The summed E-state index contributed by atoms with van der Waals surface area (Å²) < 4.78 is 0. The van der Waals surface area contributed by atoms with Gasteiger partial charge in [-0.05, 0) is 43.9 Å². The molecule has 1 N–H and O–H groups in total. The zero-order valence-corrected chi connectivity index (χ0v) is 11.1. The Morgan fingerprint density at radius 1 is 1.35 bits per heavy atom. The third-order valence-electron chi connectivity index (χ3n) is 4.91. The molecule has 0 bridgehead atoms. The first kappa shape index (κ1) is 12.9. The minimum atomic E-state index is 0.0983. The highest BCUT2D eigenvalue weighted by Gasteiger charge is 2.46. The molecule has 1 amide bonds. The fraction of sp³-hybridized carbons (Fsp3) is 0.929. The average molecular weight is 239 g/mol. The minimum absolute atomic E-state index is 0.0983. The van der Waals surface area contributed by atoms with Gasteiger partial charge in [-0.3, -0.25) is 4.79 Å². The van der Waals surface area contributed by atoms with Crippen molar-refractivity contribution in [1.29, 1.82) is 0 Å². The third-order valence-corrected chi connectivity index (χ3v) is 4.91. The molecule has 17 heavy (non-hydrogen) atoms. The molecule has 0 aromatic heterocycles. The number of aliphatic hydroxyl groups excluding tert-OH is 1. The molecule has 1 aliphatic carbocycles. The van der Waals surface area contributed by atoms with Gasteiger partial charge in [-0.1, -0.05) is 13.8 Å². The minimum Gasteiger partial charge on any atom is -0.395 e. The zero-order valence-electron chi connectivity index (χ0n) is 11.1. The number of rotatable bonds is 3. The van der Waals surface area contributed by atoms with Crippen LogP contribution in [0.5, 0.6) is 0 Å². The van der Waals surface area contributed by atoms with Gasteiger partial charge in [0.2, 0.25) is 5.91 Å². The number of hydrogen-bond donors (Lipinski definition) is 1. The van der Waals surface area contributed by atoms with Crippen molar-refractivity contribution in [3.63, 3.8) is 0 Å². The van der Waals surface area contributed by atoms with Gasteiger partial charge in [0, 0.05) is 18.5 Å². The standard InChI is InChI=1S/C14H25NO2/c1-11(2)12-3-6-14(7-4-12)8-5-13(17)15(14)9-10-16/h11-12,16H,3-10H2,1-2H3/t12-,14+. The number of likely N-dealkylation sites (tertiary alicyclic amines) is 1. The van der Waals surface area contributed by atoms with E-state index in [4.69, 9.17) is 5.11 Å². The quantitative estimate of drug-likeness (QED) is 0.820. The maximum atomic E-state index is 11.9. The second kappa shape index (κ2) is 4.97. The summed E-state index contributed by atoms with van der Waals surface area (Å²) in [7, 11) is 0. The molecule has 2 rings (SSSR count). The third kappa shape index (κ3) is 2.35. The van der Waals surface area contributed by atoms with Gasteiger partial charge in [0.05, 0.1) is 6.61 Å². The van der Waals surface area contributed by atoms with Crippen molar-refractivity contribution in [3.8, 4) is 0 Å². The Balaban J connectivity index is 2.03. The van der Waals surface area contributed by atoms with Gasteiger partial charge in [-0.2, -0.15) is 0 Å². The average Bonchev–Trinajstić information content (AvgIpc) is 2.60. The molecule has 2 aliphatic rings. The van der Waals surface area contributed by atoms with Gasteiger partial charge < -0.3 is 10.0 Å². The Morgan fingerprint density at radius 2 is 2.00 bits per heavy atom. The van der Waals surface area contributed by atoms with Crippen LogP contribution in [-0.2, 0) is 4.79 Å². The van der Waals surface area contributed by atoms with Crippen LogP contribution in [0.4, 0.5) is 0 Å². The van der Waals surface area contributed by atoms with Crippen molar-refractivity contribution < 1.29 is 9.90 Å². The lowest BCUT2D eigenvalue weighted by Gasteiger charge is -2.44. The monoisotopic (exact) mass is 239 g/mol. The topological polar surface area (TPSA) is 40.5 Å². The number of β-amino-alcohol motifs (C(OH)–C–C–N with tert-alkyl or cyclic N) is 1.